The Labute approximate surface area is 170 Å². The number of nitrogens with one attached hydrogen (secondary N) is 2. The molecule has 0 bridgehead atoms. The van der Waals surface area contributed by atoms with Gasteiger partial charge in [-0.2, -0.15) is 0 Å². The van der Waals surface area contributed by atoms with Gasteiger partial charge in [0.1, 0.15) is 5.75 Å². The number of rotatable bonds is 3. The van der Waals surface area contributed by atoms with Crippen LogP contribution >= 0.6 is 15.9 Å². The van der Waals surface area contributed by atoms with Crippen molar-refractivity contribution in [3.63, 3.8) is 0 Å². The zero-order valence-corrected chi connectivity index (χ0v) is 17.2. The monoisotopic (exact) mass is 445 g/mol. The molecular weight excluding hydrogens is 426 g/mol. The molecule has 1 fully saturated rings. The van der Waals surface area contributed by atoms with Gasteiger partial charge in [-0.25, -0.2) is 0 Å². The summed E-state index contributed by atoms with van der Waals surface area (Å²) in [6.45, 7) is 4.16. The Bertz CT molecular complexity index is 990. The smallest absolute Gasteiger partial charge is 0.256 e. The van der Waals surface area contributed by atoms with Crippen molar-refractivity contribution in [1.29, 1.82) is 0 Å². The van der Waals surface area contributed by atoms with Crippen molar-refractivity contribution in [1.82, 2.24) is 9.88 Å². The minimum atomic E-state index is -0.195. The van der Waals surface area contributed by atoms with Crippen molar-refractivity contribution in [2.75, 3.05) is 38.7 Å². The third kappa shape index (κ3) is 3.12. The second kappa shape index (κ2) is 7.44. The quantitative estimate of drug-likeness (QED) is 0.711. The van der Waals surface area contributed by atoms with Crippen LogP contribution in [-0.2, 0) is 9.53 Å². The summed E-state index contributed by atoms with van der Waals surface area (Å²) in [6, 6.07) is 3.61. The van der Waals surface area contributed by atoms with Crippen molar-refractivity contribution >= 4 is 45.1 Å². The summed E-state index contributed by atoms with van der Waals surface area (Å²) in [5, 5.41) is 2.86. The first kappa shape index (κ1) is 18.8. The van der Waals surface area contributed by atoms with Crippen molar-refractivity contribution in [2.45, 2.75) is 6.92 Å². The number of amides is 2. The van der Waals surface area contributed by atoms with Crippen LogP contribution in [-0.4, -0.2) is 55.1 Å². The van der Waals surface area contributed by atoms with E-state index >= 15 is 0 Å². The van der Waals surface area contributed by atoms with Gasteiger partial charge in [0.15, 0.2) is 0 Å². The molecule has 1 saturated heterocycles. The number of hydrogen-bond acceptors (Lipinski definition) is 4. The van der Waals surface area contributed by atoms with Gasteiger partial charge in [0, 0.05) is 30.5 Å². The number of carbonyl (C=O) groups is 2. The van der Waals surface area contributed by atoms with Gasteiger partial charge in [-0.15, -0.1) is 0 Å². The lowest BCUT2D eigenvalue weighted by Crippen LogP contribution is -2.40. The van der Waals surface area contributed by atoms with Crippen molar-refractivity contribution in [3.8, 4) is 5.75 Å². The minimum Gasteiger partial charge on any atom is -0.496 e. The lowest BCUT2D eigenvalue weighted by Gasteiger charge is -2.26. The number of aromatic amines is 1. The molecule has 2 amide bonds. The topological polar surface area (TPSA) is 83.7 Å². The third-order valence-electron chi connectivity index (χ3n) is 5.09. The van der Waals surface area contributed by atoms with E-state index in [4.69, 9.17) is 9.47 Å². The van der Waals surface area contributed by atoms with E-state index in [9.17, 15) is 9.59 Å². The fraction of sp³-hybridized carbons (Fsp3) is 0.300. The zero-order chi connectivity index (χ0) is 19.8. The Morgan fingerprint density at radius 1 is 1.32 bits per heavy atom. The number of halogens is 1. The number of fused-ring (bicyclic) bond motifs is 1. The van der Waals surface area contributed by atoms with Crippen LogP contribution in [0.4, 0.5) is 5.69 Å². The Morgan fingerprint density at radius 3 is 2.79 bits per heavy atom. The number of ether oxygens (including phenoxy) is 2. The number of benzene rings is 1. The SMILES string of the molecule is COc1ccc2c(c1Br)/C(=C/c1[nH]cc(C(=O)N3CCOCC3)c1C)C(=O)N2. The predicted octanol–water partition coefficient (Wildman–Crippen LogP) is 3.06. The maximum Gasteiger partial charge on any atom is 0.256 e. The summed E-state index contributed by atoms with van der Waals surface area (Å²) in [5.41, 5.74) is 4.12. The number of hydrogen-bond donors (Lipinski definition) is 2. The summed E-state index contributed by atoms with van der Waals surface area (Å²) in [6.07, 6.45) is 3.48. The van der Waals surface area contributed by atoms with E-state index in [2.05, 4.69) is 26.2 Å². The highest BCUT2D eigenvalue weighted by Crippen LogP contribution is 2.43. The summed E-state index contributed by atoms with van der Waals surface area (Å²) < 4.78 is 11.4. The van der Waals surface area contributed by atoms with Gasteiger partial charge in [-0.1, -0.05) is 0 Å². The third-order valence-corrected chi connectivity index (χ3v) is 5.87. The number of carbonyl (C=O) groups excluding carboxylic acids is 2. The second-order valence-electron chi connectivity index (χ2n) is 6.66. The van der Waals surface area contributed by atoms with E-state index in [0.29, 0.717) is 47.7 Å². The fourth-order valence-electron chi connectivity index (χ4n) is 3.49. The summed E-state index contributed by atoms with van der Waals surface area (Å²) in [5.74, 6) is 0.423. The average Bonchev–Trinajstić information content (AvgIpc) is 3.23. The molecule has 8 heteroatoms. The molecular formula is C20H20BrN3O4. The Kier molecular flexibility index (Phi) is 4.99. The molecule has 0 aliphatic carbocycles. The van der Waals surface area contributed by atoms with Crippen LogP contribution in [0, 0.1) is 6.92 Å². The minimum absolute atomic E-state index is 0.0270. The molecule has 146 valence electrons. The molecule has 0 unspecified atom stereocenters. The van der Waals surface area contributed by atoms with Gasteiger partial charge >= 0.3 is 0 Å². The number of nitrogens with zero attached hydrogens (tertiary/aromatic N) is 1. The molecule has 3 heterocycles. The normalized spacial score (nSPS) is 17.6. The van der Waals surface area contributed by atoms with E-state index in [1.807, 2.05) is 13.0 Å². The summed E-state index contributed by atoms with van der Waals surface area (Å²) >= 11 is 3.53. The number of morpholine rings is 1. The van der Waals surface area contributed by atoms with Gasteiger partial charge in [0.2, 0.25) is 0 Å². The zero-order valence-electron chi connectivity index (χ0n) is 15.6. The molecule has 28 heavy (non-hydrogen) atoms. The molecule has 0 atom stereocenters. The van der Waals surface area contributed by atoms with Gasteiger partial charge in [-0.05, 0) is 46.6 Å². The largest absolute Gasteiger partial charge is 0.496 e. The van der Waals surface area contributed by atoms with E-state index < -0.39 is 0 Å². The fourth-order valence-corrected chi connectivity index (χ4v) is 4.21. The highest BCUT2D eigenvalue weighted by Gasteiger charge is 2.29. The number of anilines is 1. The van der Waals surface area contributed by atoms with Gasteiger partial charge in [0.25, 0.3) is 11.8 Å². The number of H-pyrrole nitrogens is 1. The molecule has 2 N–H and O–H groups in total. The first-order valence-corrected chi connectivity index (χ1v) is 9.75. The first-order valence-electron chi connectivity index (χ1n) is 8.96. The molecule has 0 saturated carbocycles. The molecule has 2 aliphatic heterocycles. The number of aromatic nitrogens is 1. The average molecular weight is 446 g/mol. The number of methoxy groups -OCH3 is 1. The first-order chi connectivity index (χ1) is 13.5. The Balaban J connectivity index is 1.70. The summed E-state index contributed by atoms with van der Waals surface area (Å²) in [4.78, 5) is 30.3. The Hall–Kier alpha value is -2.58. The van der Waals surface area contributed by atoms with Crippen LogP contribution in [0.2, 0.25) is 0 Å². The van der Waals surface area contributed by atoms with E-state index in [-0.39, 0.29) is 11.8 Å². The standard InChI is InChI=1S/C20H20BrN3O4/c1-11-13(20(26)24-5-7-28-8-6-24)10-22-15(11)9-12-17-14(23-19(12)25)3-4-16(27-2)18(17)21/h3-4,9-10,22H,5-8H2,1-2H3,(H,23,25)/b12-9-. The van der Waals surface area contributed by atoms with E-state index in [1.165, 1.54) is 0 Å². The van der Waals surface area contributed by atoms with Crippen LogP contribution < -0.4 is 10.1 Å². The van der Waals surface area contributed by atoms with Gasteiger partial charge in [-0.3, -0.25) is 9.59 Å². The molecule has 0 radical (unpaired) electrons. The van der Waals surface area contributed by atoms with Crippen molar-refractivity contribution in [3.05, 3.63) is 45.2 Å². The molecule has 0 spiro atoms. The van der Waals surface area contributed by atoms with Crippen molar-refractivity contribution in [2.24, 2.45) is 0 Å². The lowest BCUT2D eigenvalue weighted by atomic mass is 10.0. The van der Waals surface area contributed by atoms with Crippen LogP contribution in [0.15, 0.2) is 22.8 Å². The molecule has 1 aromatic carbocycles. The van der Waals surface area contributed by atoms with Gasteiger partial charge < -0.3 is 24.7 Å². The van der Waals surface area contributed by atoms with Crippen molar-refractivity contribution < 1.29 is 19.1 Å². The lowest BCUT2D eigenvalue weighted by molar-refractivity contribution is -0.110. The van der Waals surface area contributed by atoms with Gasteiger partial charge in [0.05, 0.1) is 41.6 Å². The molecule has 2 aliphatic rings. The Morgan fingerprint density at radius 2 is 2.07 bits per heavy atom. The predicted molar refractivity (Wildman–Crippen MR) is 109 cm³/mol. The van der Waals surface area contributed by atoms with Crippen LogP contribution in [0.3, 0.4) is 0 Å². The highest BCUT2D eigenvalue weighted by molar-refractivity contribution is 9.10. The van der Waals surface area contributed by atoms with Crippen LogP contribution in [0.25, 0.3) is 11.6 Å². The van der Waals surface area contributed by atoms with Crippen LogP contribution in [0.5, 0.6) is 5.75 Å². The highest BCUT2D eigenvalue weighted by atomic mass is 79.9. The maximum absolute atomic E-state index is 12.8. The van der Waals surface area contributed by atoms with E-state index in [1.54, 1.807) is 30.3 Å². The molecule has 1 aromatic heterocycles. The maximum atomic E-state index is 12.8. The molecule has 4 rings (SSSR count). The molecule has 2 aromatic rings. The van der Waals surface area contributed by atoms with Crippen LogP contribution in [0.1, 0.15) is 27.2 Å². The second-order valence-corrected chi connectivity index (χ2v) is 7.46. The molecule has 7 nitrogen and oxygen atoms in total. The summed E-state index contributed by atoms with van der Waals surface area (Å²) in [7, 11) is 1.58. The van der Waals surface area contributed by atoms with E-state index in [0.717, 1.165) is 22.5 Å².